The van der Waals surface area contributed by atoms with E-state index in [-0.39, 0.29) is 43.2 Å². The molecule has 1 saturated heterocycles. The number of aliphatic carboxylic acids is 1. The predicted molar refractivity (Wildman–Crippen MR) is 131 cm³/mol. The summed E-state index contributed by atoms with van der Waals surface area (Å²) in [6.07, 6.45) is 4.90. The van der Waals surface area contributed by atoms with E-state index in [0.29, 0.717) is 18.5 Å². The summed E-state index contributed by atoms with van der Waals surface area (Å²) in [6.45, 7) is 4.52. The average Bonchev–Trinajstić information content (AvgIpc) is 3.52. The first-order valence-electron chi connectivity index (χ1n) is 12.0. The van der Waals surface area contributed by atoms with Crippen molar-refractivity contribution in [2.75, 3.05) is 13.1 Å². The number of aromatic amines is 1. The van der Waals surface area contributed by atoms with Crippen molar-refractivity contribution in [2.24, 2.45) is 22.4 Å². The normalized spacial score (nSPS) is 17.6. The number of carboxylic acid groups (broad SMARTS) is 1. The van der Waals surface area contributed by atoms with Gasteiger partial charge in [0.05, 0.1) is 12.4 Å². The van der Waals surface area contributed by atoms with Crippen LogP contribution in [0.15, 0.2) is 17.5 Å². The van der Waals surface area contributed by atoms with E-state index in [4.69, 9.17) is 11.5 Å². The molecule has 200 valence electrons. The molecule has 2 rings (SSSR count). The van der Waals surface area contributed by atoms with Gasteiger partial charge >= 0.3 is 5.97 Å². The van der Waals surface area contributed by atoms with Gasteiger partial charge in [0.1, 0.15) is 18.1 Å². The van der Waals surface area contributed by atoms with Gasteiger partial charge in [0.25, 0.3) is 0 Å². The number of nitrogens with zero attached hydrogens (tertiary/aromatic N) is 2. The van der Waals surface area contributed by atoms with Gasteiger partial charge in [-0.05, 0) is 38.1 Å². The minimum Gasteiger partial charge on any atom is -0.480 e. The number of aliphatic imine (C=N–C) groups is 1. The number of aromatic nitrogens is 2. The Balaban J connectivity index is 2.11. The summed E-state index contributed by atoms with van der Waals surface area (Å²) >= 11 is 0. The van der Waals surface area contributed by atoms with Gasteiger partial charge < -0.3 is 42.8 Å². The molecule has 1 aliphatic rings. The predicted octanol–water partition coefficient (Wildman–Crippen LogP) is -2.05. The molecule has 0 aliphatic carbocycles. The topological polar surface area (TPSA) is 230 Å². The zero-order valence-electron chi connectivity index (χ0n) is 20.6. The first kappa shape index (κ1) is 28.6. The highest BCUT2D eigenvalue weighted by Crippen LogP contribution is 2.09. The zero-order chi connectivity index (χ0) is 26.7. The Labute approximate surface area is 209 Å². The molecule has 1 aromatic heterocycles. The number of carbonyl (C=O) groups is 4. The molecular formula is C22H37N9O5. The highest BCUT2D eigenvalue weighted by atomic mass is 16.4. The monoisotopic (exact) mass is 507 g/mol. The lowest BCUT2D eigenvalue weighted by Gasteiger charge is -2.27. The van der Waals surface area contributed by atoms with Crippen molar-refractivity contribution in [1.82, 2.24) is 31.2 Å². The first-order chi connectivity index (χ1) is 17.1. The molecule has 0 spiro atoms. The molecule has 14 nitrogen and oxygen atoms in total. The standard InChI is InChI=1S/C22H37N9O5/c1-12(2)17(31-18(32)14-5-3-7-26-14)20(34)29-15(6-4-8-27-22(23)24)19(33)30-16(21(35)36)9-13-10-25-11-28-13/h10-12,14-17,26H,3-9H2,1-2H3,(H,25,28)(H,29,34)(H,30,33)(H,31,32)(H,35,36)(H4,23,24,27). The maximum atomic E-state index is 13.1. The van der Waals surface area contributed by atoms with Gasteiger partial charge in [-0.1, -0.05) is 13.8 Å². The van der Waals surface area contributed by atoms with Crippen molar-refractivity contribution in [1.29, 1.82) is 0 Å². The van der Waals surface area contributed by atoms with Crippen LogP contribution < -0.4 is 32.7 Å². The number of nitrogens with one attached hydrogen (secondary N) is 5. The van der Waals surface area contributed by atoms with Crippen LogP contribution in [0.5, 0.6) is 0 Å². The second-order valence-electron chi connectivity index (χ2n) is 9.07. The number of amides is 3. The molecular weight excluding hydrogens is 470 g/mol. The van der Waals surface area contributed by atoms with Crippen molar-refractivity contribution in [3.63, 3.8) is 0 Å². The highest BCUT2D eigenvalue weighted by Gasteiger charge is 2.32. The molecule has 3 amide bonds. The second kappa shape index (κ2) is 14.0. The van der Waals surface area contributed by atoms with Gasteiger partial charge in [-0.3, -0.25) is 19.4 Å². The van der Waals surface area contributed by atoms with Crippen molar-refractivity contribution >= 4 is 29.7 Å². The van der Waals surface area contributed by atoms with Crippen molar-refractivity contribution in [3.05, 3.63) is 18.2 Å². The van der Waals surface area contributed by atoms with Gasteiger partial charge in [0.15, 0.2) is 5.96 Å². The number of hydrogen-bond acceptors (Lipinski definition) is 7. The Morgan fingerprint density at radius 3 is 2.44 bits per heavy atom. The third-order valence-electron chi connectivity index (χ3n) is 5.80. The van der Waals surface area contributed by atoms with Crippen LogP contribution in [0.1, 0.15) is 45.2 Å². The number of nitrogens with two attached hydrogens (primary N) is 2. The highest BCUT2D eigenvalue weighted by molar-refractivity contribution is 5.94. The lowest BCUT2D eigenvalue weighted by Crippen LogP contribution is -2.58. The van der Waals surface area contributed by atoms with Crippen LogP contribution in [-0.4, -0.2) is 82.0 Å². The third kappa shape index (κ3) is 9.17. The number of guanidine groups is 1. The van der Waals surface area contributed by atoms with Crippen LogP contribution in [0.3, 0.4) is 0 Å². The van der Waals surface area contributed by atoms with Crippen LogP contribution >= 0.6 is 0 Å². The average molecular weight is 508 g/mol. The number of hydrogen-bond donors (Lipinski definition) is 8. The van der Waals surface area contributed by atoms with Gasteiger partial charge in [0, 0.05) is 24.9 Å². The van der Waals surface area contributed by atoms with E-state index in [9.17, 15) is 24.3 Å². The Morgan fingerprint density at radius 2 is 1.89 bits per heavy atom. The number of imidazole rings is 1. The summed E-state index contributed by atoms with van der Waals surface area (Å²) < 4.78 is 0. The summed E-state index contributed by atoms with van der Waals surface area (Å²) in [6, 6.07) is -3.56. The van der Waals surface area contributed by atoms with E-state index >= 15 is 0 Å². The van der Waals surface area contributed by atoms with Crippen LogP contribution in [-0.2, 0) is 25.6 Å². The maximum absolute atomic E-state index is 13.1. The lowest BCUT2D eigenvalue weighted by atomic mass is 10.0. The summed E-state index contributed by atoms with van der Waals surface area (Å²) in [5.74, 6) is -3.09. The minimum atomic E-state index is -1.25. The quantitative estimate of drug-likeness (QED) is 0.0786. The second-order valence-corrected chi connectivity index (χ2v) is 9.07. The lowest BCUT2D eigenvalue weighted by molar-refractivity contribution is -0.142. The Morgan fingerprint density at radius 1 is 1.17 bits per heavy atom. The van der Waals surface area contributed by atoms with Crippen LogP contribution in [0.4, 0.5) is 0 Å². The van der Waals surface area contributed by atoms with Crippen molar-refractivity contribution < 1.29 is 24.3 Å². The fourth-order valence-corrected chi connectivity index (χ4v) is 3.82. The number of rotatable bonds is 14. The zero-order valence-corrected chi connectivity index (χ0v) is 20.6. The SMILES string of the molecule is CC(C)C(NC(=O)C1CCCN1)C(=O)NC(CCCN=C(N)N)C(=O)NC(Cc1cnc[nH]1)C(=O)O. The molecule has 2 heterocycles. The molecule has 0 radical (unpaired) electrons. The number of carbonyl (C=O) groups excluding carboxylic acids is 3. The fourth-order valence-electron chi connectivity index (χ4n) is 3.82. The first-order valence-corrected chi connectivity index (χ1v) is 12.0. The van der Waals surface area contributed by atoms with E-state index in [1.807, 2.05) is 0 Å². The van der Waals surface area contributed by atoms with Gasteiger partial charge in [-0.15, -0.1) is 0 Å². The van der Waals surface area contributed by atoms with E-state index in [2.05, 4.69) is 36.2 Å². The van der Waals surface area contributed by atoms with E-state index < -0.39 is 35.9 Å². The number of carboxylic acids is 1. The minimum absolute atomic E-state index is 0.0190. The smallest absolute Gasteiger partial charge is 0.326 e. The molecule has 1 fully saturated rings. The Hall–Kier alpha value is -3.68. The van der Waals surface area contributed by atoms with Crippen molar-refractivity contribution in [2.45, 2.75) is 70.1 Å². The van der Waals surface area contributed by atoms with Crippen molar-refractivity contribution in [3.8, 4) is 0 Å². The molecule has 36 heavy (non-hydrogen) atoms. The largest absolute Gasteiger partial charge is 0.480 e. The van der Waals surface area contributed by atoms with E-state index in [0.717, 1.165) is 13.0 Å². The molecule has 4 atom stereocenters. The molecule has 0 bridgehead atoms. The van der Waals surface area contributed by atoms with Gasteiger partial charge in [-0.25, -0.2) is 9.78 Å². The number of H-pyrrole nitrogens is 1. The molecule has 0 aromatic carbocycles. The molecule has 10 N–H and O–H groups in total. The summed E-state index contributed by atoms with van der Waals surface area (Å²) in [7, 11) is 0. The molecule has 14 heteroatoms. The molecule has 4 unspecified atom stereocenters. The van der Waals surface area contributed by atoms with Crippen LogP contribution in [0, 0.1) is 5.92 Å². The van der Waals surface area contributed by atoms with Gasteiger partial charge in [0.2, 0.25) is 17.7 Å². The summed E-state index contributed by atoms with van der Waals surface area (Å²) in [5.41, 5.74) is 11.2. The molecule has 1 aromatic rings. The fraction of sp³-hybridized carbons (Fsp3) is 0.636. The molecule has 1 aliphatic heterocycles. The van der Waals surface area contributed by atoms with E-state index in [1.165, 1.54) is 12.5 Å². The van der Waals surface area contributed by atoms with Crippen LogP contribution in [0.2, 0.25) is 0 Å². The summed E-state index contributed by atoms with van der Waals surface area (Å²) in [4.78, 5) is 61.1. The third-order valence-corrected chi connectivity index (χ3v) is 5.80. The Kier molecular flexibility index (Phi) is 11.1. The van der Waals surface area contributed by atoms with E-state index in [1.54, 1.807) is 13.8 Å². The maximum Gasteiger partial charge on any atom is 0.326 e. The molecule has 0 saturated carbocycles. The van der Waals surface area contributed by atoms with Gasteiger partial charge in [-0.2, -0.15) is 0 Å². The Bertz CT molecular complexity index is 909. The summed E-state index contributed by atoms with van der Waals surface area (Å²) in [5, 5.41) is 20.6. The van der Waals surface area contributed by atoms with Crippen LogP contribution in [0.25, 0.3) is 0 Å².